The Labute approximate surface area is 103 Å². The molecule has 84 valence electrons. The van der Waals surface area contributed by atoms with Crippen molar-refractivity contribution in [2.45, 2.75) is 19.9 Å². The van der Waals surface area contributed by atoms with Crippen LogP contribution in [-0.2, 0) is 0 Å². The van der Waals surface area contributed by atoms with Gasteiger partial charge in [-0.3, -0.25) is 8.75 Å². The van der Waals surface area contributed by atoms with Gasteiger partial charge < -0.3 is 0 Å². The molecule has 2 aromatic rings. The number of hydrogen-bond acceptors (Lipinski definition) is 2. The minimum Gasteiger partial charge on any atom is -0.267 e. The molecule has 0 atom stereocenters. The zero-order chi connectivity index (χ0) is 11.7. The van der Waals surface area contributed by atoms with E-state index in [0.29, 0.717) is 5.02 Å². The molecule has 1 aromatic heterocycles. The highest BCUT2D eigenvalue weighted by Crippen LogP contribution is 2.31. The maximum atomic E-state index is 11.8. The summed E-state index contributed by atoms with van der Waals surface area (Å²) in [5.74, 6) is 0. The van der Waals surface area contributed by atoms with Gasteiger partial charge in [-0.05, 0) is 19.4 Å². The van der Waals surface area contributed by atoms with E-state index >= 15 is 0 Å². The van der Waals surface area contributed by atoms with Crippen LogP contribution in [0.25, 0.3) is 10.4 Å². The monoisotopic (exact) mass is 253 g/mol. The average molecular weight is 254 g/mol. The van der Waals surface area contributed by atoms with Crippen molar-refractivity contribution >= 4 is 23.1 Å². The Morgan fingerprint density at radius 2 is 1.88 bits per heavy atom. The van der Waals surface area contributed by atoms with Gasteiger partial charge in [0, 0.05) is 6.04 Å². The Balaban J connectivity index is 2.60. The van der Waals surface area contributed by atoms with Crippen LogP contribution in [0.1, 0.15) is 19.9 Å². The lowest BCUT2D eigenvalue weighted by Gasteiger charge is -2.02. The third-order valence-electron chi connectivity index (χ3n) is 2.28. The molecule has 2 nitrogen and oxygen atoms in total. The molecule has 0 fully saturated rings. The summed E-state index contributed by atoms with van der Waals surface area (Å²) in [4.78, 5) is 12.7. The summed E-state index contributed by atoms with van der Waals surface area (Å²) in [6.07, 6.45) is 0. The van der Waals surface area contributed by atoms with Crippen molar-refractivity contribution in [2.24, 2.45) is 0 Å². The van der Waals surface area contributed by atoms with Crippen LogP contribution in [-0.4, -0.2) is 3.96 Å². The van der Waals surface area contributed by atoms with Gasteiger partial charge in [0.2, 0.25) is 0 Å². The molecule has 2 rings (SSSR count). The van der Waals surface area contributed by atoms with Crippen LogP contribution < -0.4 is 5.56 Å². The highest BCUT2D eigenvalue weighted by atomic mass is 35.5. The summed E-state index contributed by atoms with van der Waals surface area (Å²) in [6.45, 7) is 3.95. The summed E-state index contributed by atoms with van der Waals surface area (Å²) in [5, 5.41) is 0.324. The first-order chi connectivity index (χ1) is 7.61. The molecule has 0 N–H and O–H groups in total. The van der Waals surface area contributed by atoms with E-state index in [0.717, 1.165) is 10.4 Å². The Morgan fingerprint density at radius 3 is 2.38 bits per heavy atom. The first-order valence-electron chi connectivity index (χ1n) is 5.08. The molecule has 0 aliphatic rings. The van der Waals surface area contributed by atoms with Crippen molar-refractivity contribution < 1.29 is 0 Å². The minimum atomic E-state index is -0.0967. The van der Waals surface area contributed by atoms with Crippen molar-refractivity contribution in [3.8, 4) is 10.4 Å². The van der Waals surface area contributed by atoms with Gasteiger partial charge in [-0.2, -0.15) is 0 Å². The smallest absolute Gasteiger partial charge is 0.267 e. The van der Waals surface area contributed by atoms with Crippen LogP contribution in [0.4, 0.5) is 0 Å². The van der Waals surface area contributed by atoms with Crippen LogP contribution in [0.15, 0.2) is 35.1 Å². The highest BCUT2D eigenvalue weighted by molar-refractivity contribution is 7.11. The standard InChI is InChI=1S/C12H12ClNOS/c1-8(2)14-12(15)10(13)11(16-14)9-6-4-3-5-7-9/h3-8H,1-2H3. The van der Waals surface area contributed by atoms with Crippen molar-refractivity contribution in [3.05, 3.63) is 45.7 Å². The lowest BCUT2D eigenvalue weighted by atomic mass is 10.2. The molecule has 1 heterocycles. The molecule has 0 aliphatic carbocycles. The van der Waals surface area contributed by atoms with Crippen molar-refractivity contribution in [2.75, 3.05) is 0 Å². The molecule has 0 amide bonds. The second-order valence-electron chi connectivity index (χ2n) is 3.83. The zero-order valence-corrected chi connectivity index (χ0v) is 10.7. The Bertz CT molecular complexity index is 542. The molecule has 0 bridgehead atoms. The average Bonchev–Trinajstić information content (AvgIpc) is 2.58. The van der Waals surface area contributed by atoms with E-state index in [2.05, 4.69) is 0 Å². The van der Waals surface area contributed by atoms with Gasteiger partial charge in [-0.1, -0.05) is 53.5 Å². The van der Waals surface area contributed by atoms with Crippen molar-refractivity contribution in [1.82, 2.24) is 3.96 Å². The van der Waals surface area contributed by atoms with Crippen LogP contribution in [0.3, 0.4) is 0 Å². The van der Waals surface area contributed by atoms with Gasteiger partial charge >= 0.3 is 0 Å². The van der Waals surface area contributed by atoms with Gasteiger partial charge in [0.15, 0.2) is 0 Å². The summed E-state index contributed by atoms with van der Waals surface area (Å²) in [6, 6.07) is 9.89. The van der Waals surface area contributed by atoms with Gasteiger partial charge in [0.05, 0.1) is 4.88 Å². The van der Waals surface area contributed by atoms with Gasteiger partial charge in [0.1, 0.15) is 5.02 Å². The van der Waals surface area contributed by atoms with E-state index in [4.69, 9.17) is 11.6 Å². The zero-order valence-electron chi connectivity index (χ0n) is 9.11. The van der Waals surface area contributed by atoms with Crippen LogP contribution in [0.2, 0.25) is 5.02 Å². The second kappa shape index (κ2) is 4.44. The topological polar surface area (TPSA) is 22.0 Å². The Morgan fingerprint density at radius 1 is 1.25 bits per heavy atom. The number of benzene rings is 1. The molecule has 0 unspecified atom stereocenters. The first-order valence-corrected chi connectivity index (χ1v) is 6.23. The van der Waals surface area contributed by atoms with Crippen LogP contribution in [0.5, 0.6) is 0 Å². The maximum Gasteiger partial charge on any atom is 0.280 e. The van der Waals surface area contributed by atoms with Crippen LogP contribution in [0, 0.1) is 0 Å². The van der Waals surface area contributed by atoms with Crippen molar-refractivity contribution in [3.63, 3.8) is 0 Å². The highest BCUT2D eigenvalue weighted by Gasteiger charge is 2.15. The molecular formula is C12H12ClNOS. The van der Waals surface area contributed by atoms with Crippen LogP contribution >= 0.6 is 23.1 Å². The number of rotatable bonds is 2. The normalized spacial score (nSPS) is 11.0. The Hall–Kier alpha value is -1.06. The molecule has 0 spiro atoms. The number of nitrogens with zero attached hydrogens (tertiary/aromatic N) is 1. The van der Waals surface area contributed by atoms with E-state index in [1.807, 2.05) is 44.2 Å². The third-order valence-corrected chi connectivity index (χ3v) is 4.15. The van der Waals surface area contributed by atoms with Gasteiger partial charge in [-0.15, -0.1) is 0 Å². The molecule has 0 radical (unpaired) electrons. The van der Waals surface area contributed by atoms with E-state index in [1.165, 1.54) is 11.5 Å². The minimum absolute atomic E-state index is 0.0967. The van der Waals surface area contributed by atoms with Gasteiger partial charge in [-0.25, -0.2) is 0 Å². The largest absolute Gasteiger partial charge is 0.280 e. The molecular weight excluding hydrogens is 242 g/mol. The molecule has 1 aromatic carbocycles. The summed E-state index contributed by atoms with van der Waals surface area (Å²) >= 11 is 7.49. The fraction of sp³-hybridized carbons (Fsp3) is 0.250. The second-order valence-corrected chi connectivity index (χ2v) is 5.19. The number of aromatic nitrogens is 1. The molecule has 4 heteroatoms. The Kier molecular flexibility index (Phi) is 3.17. The summed E-state index contributed by atoms with van der Waals surface area (Å²) in [7, 11) is 0. The predicted molar refractivity (Wildman–Crippen MR) is 69.4 cm³/mol. The fourth-order valence-corrected chi connectivity index (χ4v) is 2.83. The van der Waals surface area contributed by atoms with Gasteiger partial charge in [0.25, 0.3) is 5.56 Å². The maximum absolute atomic E-state index is 11.8. The molecule has 0 saturated heterocycles. The lowest BCUT2D eigenvalue weighted by Crippen LogP contribution is -2.14. The predicted octanol–water partition coefficient (Wildman–Crippen LogP) is 3.81. The number of halogens is 1. The van der Waals surface area contributed by atoms with E-state index < -0.39 is 0 Å². The summed E-state index contributed by atoms with van der Waals surface area (Å²) in [5.41, 5.74) is 0.898. The van der Waals surface area contributed by atoms with E-state index in [1.54, 1.807) is 3.96 Å². The number of hydrogen-bond donors (Lipinski definition) is 0. The first kappa shape index (κ1) is 11.4. The lowest BCUT2D eigenvalue weighted by molar-refractivity contribution is 0.634. The van der Waals surface area contributed by atoms with E-state index in [9.17, 15) is 4.79 Å². The molecule has 16 heavy (non-hydrogen) atoms. The van der Waals surface area contributed by atoms with Crippen molar-refractivity contribution in [1.29, 1.82) is 0 Å². The van der Waals surface area contributed by atoms with E-state index in [-0.39, 0.29) is 11.6 Å². The molecule has 0 aliphatic heterocycles. The third kappa shape index (κ3) is 1.93. The summed E-state index contributed by atoms with van der Waals surface area (Å²) < 4.78 is 1.70. The SMILES string of the molecule is CC(C)n1sc(-c2ccccc2)c(Cl)c1=O. The molecule has 0 saturated carbocycles. The fourth-order valence-electron chi connectivity index (χ4n) is 1.48. The quantitative estimate of drug-likeness (QED) is 0.798.